The van der Waals surface area contributed by atoms with Crippen LogP contribution in [0.1, 0.15) is 56.2 Å². The van der Waals surface area contributed by atoms with Crippen LogP contribution in [0.2, 0.25) is 0 Å². The number of carbonyl (C=O) groups is 1. The lowest BCUT2D eigenvalue weighted by Crippen LogP contribution is -2.62. The monoisotopic (exact) mass is 422 g/mol. The Bertz CT molecular complexity index is 877. The predicted molar refractivity (Wildman–Crippen MR) is 122 cm³/mol. The Morgan fingerprint density at radius 3 is 2.61 bits per heavy atom. The number of piperidine rings is 1. The Labute approximate surface area is 185 Å². The van der Waals surface area contributed by atoms with Gasteiger partial charge in [-0.15, -0.1) is 0 Å². The molecule has 5 heteroatoms. The van der Waals surface area contributed by atoms with Crippen molar-refractivity contribution >= 4 is 5.91 Å². The van der Waals surface area contributed by atoms with Gasteiger partial charge in [0.15, 0.2) is 0 Å². The van der Waals surface area contributed by atoms with Gasteiger partial charge >= 0.3 is 0 Å². The molecule has 166 valence electrons. The molecule has 2 aromatic rings. The fourth-order valence-electron chi connectivity index (χ4n) is 5.15. The van der Waals surface area contributed by atoms with Crippen LogP contribution in [0.25, 0.3) is 0 Å². The Balaban J connectivity index is 1.65. The smallest absolute Gasteiger partial charge is 0.223 e. The molecule has 0 radical (unpaired) electrons. The molecule has 4 rings (SSSR count). The lowest BCUT2D eigenvalue weighted by molar-refractivity contribution is -0.132. The summed E-state index contributed by atoms with van der Waals surface area (Å²) in [4.78, 5) is 15.4. The molecule has 2 fully saturated rings. The number of benzene rings is 2. The van der Waals surface area contributed by atoms with Gasteiger partial charge in [0.2, 0.25) is 5.91 Å². The standard InChI is InChI=1S/C26H34N2O3/c1-26(30)15-16-28(18-19-9-8-14-22(17-19)31-2)23(20-10-4-3-5-11-20)24(26)27-25(29)21-12-6-7-13-21/h3-5,8-11,14,17,21,23-24,30H,6-7,12-13,15-16,18H2,1-2H3,(H,27,29). The van der Waals surface area contributed by atoms with Crippen molar-refractivity contribution in [3.63, 3.8) is 0 Å². The number of likely N-dealkylation sites (tertiary alicyclic amines) is 1. The van der Waals surface area contributed by atoms with Gasteiger partial charge in [-0.3, -0.25) is 9.69 Å². The summed E-state index contributed by atoms with van der Waals surface area (Å²) >= 11 is 0. The fourth-order valence-corrected chi connectivity index (χ4v) is 5.15. The molecule has 1 aliphatic heterocycles. The second-order valence-corrected chi connectivity index (χ2v) is 9.25. The maximum absolute atomic E-state index is 13.1. The summed E-state index contributed by atoms with van der Waals surface area (Å²) in [6.07, 6.45) is 4.73. The number of carbonyl (C=O) groups excluding carboxylic acids is 1. The van der Waals surface area contributed by atoms with Crippen molar-refractivity contribution in [2.24, 2.45) is 5.92 Å². The average molecular weight is 423 g/mol. The highest BCUT2D eigenvalue weighted by Gasteiger charge is 2.46. The summed E-state index contributed by atoms with van der Waals surface area (Å²) in [7, 11) is 1.68. The van der Waals surface area contributed by atoms with E-state index in [0.29, 0.717) is 6.42 Å². The van der Waals surface area contributed by atoms with E-state index in [1.54, 1.807) is 7.11 Å². The van der Waals surface area contributed by atoms with E-state index >= 15 is 0 Å². The lowest BCUT2D eigenvalue weighted by Gasteiger charge is -2.49. The van der Waals surface area contributed by atoms with E-state index in [9.17, 15) is 9.90 Å². The summed E-state index contributed by atoms with van der Waals surface area (Å²) < 4.78 is 5.40. The maximum atomic E-state index is 13.1. The Morgan fingerprint density at radius 2 is 1.90 bits per heavy atom. The van der Waals surface area contributed by atoms with Crippen molar-refractivity contribution in [1.82, 2.24) is 10.2 Å². The molecule has 3 atom stereocenters. The van der Waals surface area contributed by atoms with Crippen LogP contribution in [-0.2, 0) is 11.3 Å². The van der Waals surface area contributed by atoms with Crippen LogP contribution in [0.5, 0.6) is 5.75 Å². The predicted octanol–water partition coefficient (Wildman–Crippen LogP) is 4.07. The fraction of sp³-hybridized carbons (Fsp3) is 0.500. The van der Waals surface area contributed by atoms with Crippen LogP contribution in [0.3, 0.4) is 0 Å². The maximum Gasteiger partial charge on any atom is 0.223 e. The number of hydrogen-bond acceptors (Lipinski definition) is 4. The van der Waals surface area contributed by atoms with Crippen molar-refractivity contribution in [2.75, 3.05) is 13.7 Å². The molecule has 31 heavy (non-hydrogen) atoms. The molecule has 1 saturated carbocycles. The highest BCUT2D eigenvalue weighted by Crippen LogP contribution is 2.38. The van der Waals surface area contributed by atoms with Crippen LogP contribution >= 0.6 is 0 Å². The molecule has 1 amide bonds. The molecule has 3 unspecified atom stereocenters. The number of hydrogen-bond donors (Lipinski definition) is 2. The second kappa shape index (κ2) is 9.41. The van der Waals surface area contributed by atoms with Crippen molar-refractivity contribution in [2.45, 2.75) is 63.3 Å². The van der Waals surface area contributed by atoms with Crippen LogP contribution in [0.15, 0.2) is 54.6 Å². The highest BCUT2D eigenvalue weighted by molar-refractivity contribution is 5.79. The first-order valence-corrected chi connectivity index (χ1v) is 11.4. The molecular weight excluding hydrogens is 388 g/mol. The van der Waals surface area contributed by atoms with Crippen molar-refractivity contribution < 1.29 is 14.6 Å². The third-order valence-corrected chi connectivity index (χ3v) is 6.97. The third-order valence-electron chi connectivity index (χ3n) is 6.97. The molecular formula is C26H34N2O3. The Kier molecular flexibility index (Phi) is 6.63. The first-order valence-electron chi connectivity index (χ1n) is 11.4. The van der Waals surface area contributed by atoms with Gasteiger partial charge in [0.1, 0.15) is 5.75 Å². The van der Waals surface area contributed by atoms with Crippen LogP contribution in [-0.4, -0.2) is 41.2 Å². The summed E-state index contributed by atoms with van der Waals surface area (Å²) in [5, 5.41) is 14.6. The first-order chi connectivity index (χ1) is 15.0. The third kappa shape index (κ3) is 4.94. The molecule has 1 heterocycles. The molecule has 0 bridgehead atoms. The van der Waals surface area contributed by atoms with E-state index in [0.717, 1.165) is 55.6 Å². The van der Waals surface area contributed by atoms with Gasteiger partial charge in [0.05, 0.1) is 24.8 Å². The van der Waals surface area contributed by atoms with Crippen LogP contribution < -0.4 is 10.1 Å². The van der Waals surface area contributed by atoms with E-state index in [4.69, 9.17) is 4.74 Å². The van der Waals surface area contributed by atoms with Gasteiger partial charge in [-0.25, -0.2) is 0 Å². The topological polar surface area (TPSA) is 61.8 Å². The molecule has 1 saturated heterocycles. The number of nitrogens with zero attached hydrogens (tertiary/aromatic N) is 1. The quantitative estimate of drug-likeness (QED) is 0.737. The summed E-state index contributed by atoms with van der Waals surface area (Å²) in [6.45, 7) is 3.34. The zero-order valence-electron chi connectivity index (χ0n) is 18.6. The minimum atomic E-state index is -0.973. The van der Waals surface area contributed by atoms with Gasteiger partial charge in [-0.05, 0) is 49.4 Å². The van der Waals surface area contributed by atoms with Gasteiger partial charge in [0.25, 0.3) is 0 Å². The van der Waals surface area contributed by atoms with Crippen LogP contribution in [0.4, 0.5) is 0 Å². The van der Waals surface area contributed by atoms with Crippen molar-refractivity contribution in [1.29, 1.82) is 0 Å². The zero-order chi connectivity index (χ0) is 21.8. The Hall–Kier alpha value is -2.37. The van der Waals surface area contributed by atoms with E-state index in [-0.39, 0.29) is 23.9 Å². The van der Waals surface area contributed by atoms with E-state index < -0.39 is 5.60 Å². The number of aliphatic hydroxyl groups is 1. The second-order valence-electron chi connectivity index (χ2n) is 9.25. The molecule has 2 aromatic carbocycles. The molecule has 0 spiro atoms. The zero-order valence-corrected chi connectivity index (χ0v) is 18.6. The molecule has 0 aromatic heterocycles. The number of rotatable bonds is 6. The largest absolute Gasteiger partial charge is 0.497 e. The first kappa shape index (κ1) is 21.8. The summed E-state index contributed by atoms with van der Waals surface area (Å²) in [5.74, 6) is 0.997. The van der Waals surface area contributed by atoms with Gasteiger partial charge in [-0.2, -0.15) is 0 Å². The van der Waals surface area contributed by atoms with E-state index in [1.165, 1.54) is 0 Å². The number of methoxy groups -OCH3 is 1. The van der Waals surface area contributed by atoms with Crippen LogP contribution in [0, 0.1) is 5.92 Å². The normalized spacial score (nSPS) is 27.2. The summed E-state index contributed by atoms with van der Waals surface area (Å²) in [6, 6.07) is 17.9. The minimum absolute atomic E-state index is 0.0704. The molecule has 2 N–H and O–H groups in total. The average Bonchev–Trinajstić information content (AvgIpc) is 3.32. The summed E-state index contributed by atoms with van der Waals surface area (Å²) in [5.41, 5.74) is 1.30. The van der Waals surface area contributed by atoms with E-state index in [2.05, 4.69) is 34.5 Å². The number of nitrogens with one attached hydrogen (secondary N) is 1. The van der Waals surface area contributed by atoms with Gasteiger partial charge in [-0.1, -0.05) is 55.3 Å². The minimum Gasteiger partial charge on any atom is -0.497 e. The number of ether oxygens (including phenoxy) is 1. The van der Waals surface area contributed by atoms with Gasteiger partial charge < -0.3 is 15.2 Å². The highest BCUT2D eigenvalue weighted by atomic mass is 16.5. The molecule has 5 nitrogen and oxygen atoms in total. The van der Waals surface area contributed by atoms with Gasteiger partial charge in [0, 0.05) is 19.0 Å². The van der Waals surface area contributed by atoms with Crippen molar-refractivity contribution in [3.8, 4) is 5.75 Å². The molecule has 1 aliphatic carbocycles. The molecule has 2 aliphatic rings. The van der Waals surface area contributed by atoms with E-state index in [1.807, 2.05) is 37.3 Å². The number of amides is 1. The van der Waals surface area contributed by atoms with Crippen molar-refractivity contribution in [3.05, 3.63) is 65.7 Å². The SMILES string of the molecule is COc1cccc(CN2CCC(C)(O)C(NC(=O)C3CCCC3)C2c2ccccc2)c1. The Morgan fingerprint density at radius 1 is 1.16 bits per heavy atom. The lowest BCUT2D eigenvalue weighted by atomic mass is 9.79.